The van der Waals surface area contributed by atoms with Crippen molar-refractivity contribution in [1.82, 2.24) is 5.32 Å². The Morgan fingerprint density at radius 3 is 2.26 bits per heavy atom. The van der Waals surface area contributed by atoms with Crippen molar-refractivity contribution in [2.24, 2.45) is 0 Å². The van der Waals surface area contributed by atoms with Crippen molar-refractivity contribution < 1.29 is 19.4 Å². The number of carbonyl (C=O) groups is 1. The molecule has 0 aromatic heterocycles. The maximum Gasteiger partial charge on any atom is 0.293 e. The van der Waals surface area contributed by atoms with Crippen LogP contribution in [0.25, 0.3) is 0 Å². The van der Waals surface area contributed by atoms with Crippen molar-refractivity contribution in [3.63, 3.8) is 0 Å². The van der Waals surface area contributed by atoms with Gasteiger partial charge < -0.3 is 19.9 Å². The van der Waals surface area contributed by atoms with Gasteiger partial charge in [0.25, 0.3) is 6.47 Å². The van der Waals surface area contributed by atoms with Gasteiger partial charge in [0.1, 0.15) is 17.5 Å². The first-order chi connectivity index (χ1) is 10.9. The van der Waals surface area contributed by atoms with E-state index in [1.807, 2.05) is 45.0 Å². The van der Waals surface area contributed by atoms with Gasteiger partial charge in [-0.3, -0.25) is 4.79 Å². The Bertz CT molecular complexity index is 433. The van der Waals surface area contributed by atoms with Crippen LogP contribution < -0.4 is 10.1 Å². The molecule has 0 amide bonds. The van der Waals surface area contributed by atoms with E-state index in [1.165, 1.54) is 0 Å². The van der Waals surface area contributed by atoms with E-state index in [0.717, 1.165) is 37.2 Å². The molecule has 1 saturated heterocycles. The third-order valence-electron chi connectivity index (χ3n) is 3.31. The molecule has 0 radical (unpaired) electrons. The lowest BCUT2D eigenvalue weighted by atomic mass is 10.1. The first-order valence-corrected chi connectivity index (χ1v) is 8.13. The minimum atomic E-state index is -0.318. The van der Waals surface area contributed by atoms with Crippen molar-refractivity contribution in [1.29, 1.82) is 0 Å². The smallest absolute Gasteiger partial charge is 0.293 e. The Labute approximate surface area is 139 Å². The van der Waals surface area contributed by atoms with Crippen LogP contribution in [0.15, 0.2) is 24.3 Å². The lowest BCUT2D eigenvalue weighted by Crippen LogP contribution is -2.34. The summed E-state index contributed by atoms with van der Waals surface area (Å²) >= 11 is 0. The molecule has 0 unspecified atom stereocenters. The zero-order valence-corrected chi connectivity index (χ0v) is 14.4. The average Bonchev–Trinajstić information content (AvgIpc) is 2.50. The number of piperidine rings is 1. The number of benzene rings is 1. The summed E-state index contributed by atoms with van der Waals surface area (Å²) in [4.78, 5) is 9.60. The molecule has 1 heterocycles. The third kappa shape index (κ3) is 9.21. The van der Waals surface area contributed by atoms with Gasteiger partial charge in [0.2, 0.25) is 0 Å². The fraction of sp³-hybridized carbons (Fsp3) is 0.611. The van der Waals surface area contributed by atoms with E-state index in [0.29, 0.717) is 19.0 Å². The lowest BCUT2D eigenvalue weighted by Gasteiger charge is -2.23. The molecular weight excluding hydrogens is 294 g/mol. The molecule has 2 rings (SSSR count). The fourth-order valence-corrected chi connectivity index (χ4v) is 2.11. The van der Waals surface area contributed by atoms with Gasteiger partial charge in [0.05, 0.1) is 0 Å². The number of ether oxygens (including phenoxy) is 2. The second-order valence-corrected chi connectivity index (χ2v) is 6.51. The normalized spacial score (nSPS) is 15.3. The molecule has 1 fully saturated rings. The van der Waals surface area contributed by atoms with E-state index in [2.05, 4.69) is 10.1 Å². The fourth-order valence-electron chi connectivity index (χ4n) is 2.11. The highest BCUT2D eigenvalue weighted by Gasteiger charge is 2.14. The van der Waals surface area contributed by atoms with E-state index >= 15 is 0 Å². The van der Waals surface area contributed by atoms with E-state index < -0.39 is 0 Å². The van der Waals surface area contributed by atoms with Gasteiger partial charge in [0.15, 0.2) is 0 Å². The largest absolute Gasteiger partial charge is 0.490 e. The third-order valence-corrected chi connectivity index (χ3v) is 3.31. The van der Waals surface area contributed by atoms with Crippen LogP contribution in [0.3, 0.4) is 0 Å². The molecule has 0 saturated carbocycles. The van der Waals surface area contributed by atoms with Crippen molar-refractivity contribution in [3.05, 3.63) is 29.8 Å². The van der Waals surface area contributed by atoms with Gasteiger partial charge in [0, 0.05) is 6.61 Å². The van der Waals surface area contributed by atoms with Gasteiger partial charge >= 0.3 is 0 Å². The Hall–Kier alpha value is -1.59. The van der Waals surface area contributed by atoms with Crippen molar-refractivity contribution in [2.75, 3.05) is 19.7 Å². The van der Waals surface area contributed by atoms with Gasteiger partial charge in [-0.2, -0.15) is 0 Å². The van der Waals surface area contributed by atoms with Crippen LogP contribution in [-0.4, -0.2) is 43.0 Å². The number of hydrogen-bond acceptors (Lipinski definition) is 5. The number of aliphatic hydroxyl groups is 1. The van der Waals surface area contributed by atoms with Crippen molar-refractivity contribution >= 4 is 6.47 Å². The van der Waals surface area contributed by atoms with E-state index in [9.17, 15) is 4.79 Å². The number of nitrogens with one attached hydrogen (secondary N) is 1. The maximum absolute atomic E-state index is 9.60. The highest BCUT2D eigenvalue weighted by molar-refractivity contribution is 5.37. The summed E-state index contributed by atoms with van der Waals surface area (Å²) in [6.07, 6.45) is 3.23. The number of aliphatic hydroxyl groups excluding tert-OH is 1. The van der Waals surface area contributed by atoms with Crippen molar-refractivity contribution in [2.45, 2.75) is 51.7 Å². The van der Waals surface area contributed by atoms with Gasteiger partial charge in [-0.1, -0.05) is 12.1 Å². The molecule has 1 aromatic carbocycles. The zero-order chi connectivity index (χ0) is 17.1. The summed E-state index contributed by atoms with van der Waals surface area (Å²) in [7, 11) is 0. The molecule has 2 N–H and O–H groups in total. The van der Waals surface area contributed by atoms with E-state index in [1.54, 1.807) is 0 Å². The SMILES string of the molecule is CC(C)(C)OC=O.OCCc1ccc(OC2CCNCC2)cc1. The molecule has 0 bridgehead atoms. The Kier molecular flexibility index (Phi) is 8.66. The summed E-state index contributed by atoms with van der Waals surface area (Å²) in [5.74, 6) is 0.939. The molecule has 1 aliphatic rings. The Balaban J connectivity index is 0.000000322. The van der Waals surface area contributed by atoms with Crippen LogP contribution in [0.1, 0.15) is 39.2 Å². The summed E-state index contributed by atoms with van der Waals surface area (Å²) < 4.78 is 10.4. The standard InChI is InChI=1S/C13H19NO2.C5H10O2/c15-10-7-11-1-3-12(4-2-11)16-13-5-8-14-9-6-13;1-5(2,3)7-4-6/h1-4,13-15H,5-10H2;4H,1-3H3. The zero-order valence-electron chi connectivity index (χ0n) is 14.4. The Morgan fingerprint density at radius 2 is 1.83 bits per heavy atom. The predicted molar refractivity (Wildman–Crippen MR) is 90.7 cm³/mol. The van der Waals surface area contributed by atoms with Gasteiger partial charge in [-0.15, -0.1) is 0 Å². The molecular formula is C18H29NO4. The summed E-state index contributed by atoms with van der Waals surface area (Å²) in [5.41, 5.74) is 0.835. The number of hydrogen-bond donors (Lipinski definition) is 2. The predicted octanol–water partition coefficient (Wildman–Crippen LogP) is 2.31. The van der Waals surface area contributed by atoms with Crippen LogP contribution in [0.4, 0.5) is 0 Å². The van der Waals surface area contributed by atoms with E-state index in [4.69, 9.17) is 9.84 Å². The van der Waals surface area contributed by atoms with E-state index in [-0.39, 0.29) is 12.2 Å². The minimum absolute atomic E-state index is 0.203. The molecule has 0 atom stereocenters. The topological polar surface area (TPSA) is 67.8 Å². The molecule has 1 aromatic rings. The highest BCUT2D eigenvalue weighted by atomic mass is 16.5. The first kappa shape index (κ1) is 19.5. The Morgan fingerprint density at radius 1 is 1.22 bits per heavy atom. The molecule has 5 nitrogen and oxygen atoms in total. The summed E-state index contributed by atoms with van der Waals surface area (Å²) in [6, 6.07) is 8.03. The highest BCUT2D eigenvalue weighted by Crippen LogP contribution is 2.17. The van der Waals surface area contributed by atoms with Crippen LogP contribution in [0.5, 0.6) is 5.75 Å². The molecule has 130 valence electrons. The van der Waals surface area contributed by atoms with Crippen LogP contribution >= 0.6 is 0 Å². The number of rotatable bonds is 5. The van der Waals surface area contributed by atoms with Crippen molar-refractivity contribution in [3.8, 4) is 5.75 Å². The van der Waals surface area contributed by atoms with Gasteiger partial charge in [-0.05, 0) is 70.8 Å². The minimum Gasteiger partial charge on any atom is -0.490 e. The second kappa shape index (κ2) is 10.2. The molecule has 23 heavy (non-hydrogen) atoms. The van der Waals surface area contributed by atoms with Crippen LogP contribution in [-0.2, 0) is 16.0 Å². The molecule has 5 heteroatoms. The van der Waals surface area contributed by atoms with Crippen LogP contribution in [0.2, 0.25) is 0 Å². The van der Waals surface area contributed by atoms with Crippen LogP contribution in [0, 0.1) is 0 Å². The summed E-state index contributed by atoms with van der Waals surface area (Å²) in [5, 5.41) is 12.1. The lowest BCUT2D eigenvalue weighted by molar-refractivity contribution is -0.138. The molecule has 0 aliphatic carbocycles. The number of carbonyl (C=O) groups excluding carboxylic acids is 1. The van der Waals surface area contributed by atoms with Gasteiger partial charge in [-0.25, -0.2) is 0 Å². The summed E-state index contributed by atoms with van der Waals surface area (Å²) in [6.45, 7) is 8.22. The second-order valence-electron chi connectivity index (χ2n) is 6.51. The molecule has 0 spiro atoms. The first-order valence-electron chi connectivity index (χ1n) is 8.13. The quantitative estimate of drug-likeness (QED) is 0.814. The maximum atomic E-state index is 9.60. The monoisotopic (exact) mass is 323 g/mol. The molecule has 1 aliphatic heterocycles. The average molecular weight is 323 g/mol.